The molecule has 0 unspecified atom stereocenters. The molecule has 10 nitrogen and oxygen atoms in total. The number of sulfonamides is 1. The van der Waals surface area contributed by atoms with Crippen molar-refractivity contribution in [3.05, 3.63) is 71.5 Å². The summed E-state index contributed by atoms with van der Waals surface area (Å²) < 4.78 is 62.0. The molecule has 2 heterocycles. The summed E-state index contributed by atoms with van der Waals surface area (Å²) in [5, 5.41) is 10.5. The molecule has 0 aliphatic rings. The molecule has 0 aliphatic heterocycles. The van der Waals surface area contributed by atoms with E-state index in [0.29, 0.717) is 33.8 Å². The second-order valence-corrected chi connectivity index (χ2v) is 9.36. The van der Waals surface area contributed by atoms with Crippen molar-refractivity contribution in [3.63, 3.8) is 0 Å². The summed E-state index contributed by atoms with van der Waals surface area (Å²) >= 11 is 5.90. The molecule has 0 saturated carbocycles. The molecule has 0 atom stereocenters. The number of H-pyrrole nitrogens is 1. The fraction of sp³-hybridized carbons (Fsp3) is 0.136. The third-order valence-corrected chi connectivity index (χ3v) is 5.98. The van der Waals surface area contributed by atoms with Crippen LogP contribution in [-0.2, 0) is 16.6 Å². The highest BCUT2D eigenvalue weighted by Crippen LogP contribution is 2.33. The highest BCUT2D eigenvalue weighted by Gasteiger charge is 2.25. The zero-order valence-corrected chi connectivity index (χ0v) is 20.1. The Bertz CT molecular complexity index is 1430. The maximum absolute atomic E-state index is 12.9. The van der Waals surface area contributed by atoms with E-state index in [0.717, 1.165) is 5.56 Å². The Morgan fingerprint density at radius 2 is 1.83 bits per heavy atom. The van der Waals surface area contributed by atoms with Crippen LogP contribution < -0.4 is 19.5 Å². The number of anilines is 3. The lowest BCUT2D eigenvalue weighted by atomic mass is 10.1. The van der Waals surface area contributed by atoms with Gasteiger partial charge in [0.15, 0.2) is 5.82 Å². The zero-order valence-electron chi connectivity index (χ0n) is 18.6. The Labute approximate surface area is 209 Å². The SMILES string of the molecule is COc1cnc(Nc2cc(-c3ccc(NS(=O)(=O)C(F)F)c(OCc4ccc(Cl)cc4)c3)[nH]n2)cn1. The van der Waals surface area contributed by atoms with Crippen molar-refractivity contribution >= 4 is 38.9 Å². The first-order chi connectivity index (χ1) is 17.2. The van der Waals surface area contributed by atoms with Crippen molar-refractivity contribution in [1.29, 1.82) is 0 Å². The quantitative estimate of drug-likeness (QED) is 0.263. The summed E-state index contributed by atoms with van der Waals surface area (Å²) in [6.07, 6.45) is 2.92. The minimum absolute atomic E-state index is 0.0376. The number of alkyl halides is 2. The normalized spacial score (nSPS) is 11.4. The van der Waals surface area contributed by atoms with E-state index in [9.17, 15) is 17.2 Å². The first-order valence-corrected chi connectivity index (χ1v) is 12.2. The summed E-state index contributed by atoms with van der Waals surface area (Å²) in [7, 11) is -3.43. The van der Waals surface area contributed by atoms with Gasteiger partial charge in [-0.2, -0.15) is 13.9 Å². The topological polar surface area (TPSA) is 131 Å². The van der Waals surface area contributed by atoms with Gasteiger partial charge in [-0.3, -0.25) is 9.82 Å². The molecule has 2 aromatic heterocycles. The molecule has 0 aliphatic carbocycles. The second-order valence-electron chi connectivity index (χ2n) is 7.27. The number of rotatable bonds is 10. The molecule has 4 aromatic rings. The van der Waals surface area contributed by atoms with Gasteiger partial charge in [0, 0.05) is 16.7 Å². The van der Waals surface area contributed by atoms with Gasteiger partial charge in [0.1, 0.15) is 18.2 Å². The minimum Gasteiger partial charge on any atom is -0.487 e. The zero-order chi connectivity index (χ0) is 25.7. The molecular weight excluding hydrogens is 518 g/mol. The van der Waals surface area contributed by atoms with Crippen molar-refractivity contribution in [2.24, 2.45) is 0 Å². The van der Waals surface area contributed by atoms with E-state index < -0.39 is 15.8 Å². The molecule has 0 radical (unpaired) electrons. The summed E-state index contributed by atoms with van der Waals surface area (Å²) in [6, 6.07) is 12.8. The van der Waals surface area contributed by atoms with Crippen LogP contribution in [-0.4, -0.2) is 41.5 Å². The maximum Gasteiger partial charge on any atom is 0.355 e. The van der Waals surface area contributed by atoms with Crippen molar-refractivity contribution in [2.75, 3.05) is 17.1 Å². The van der Waals surface area contributed by atoms with E-state index in [2.05, 4.69) is 25.5 Å². The van der Waals surface area contributed by atoms with E-state index in [-0.39, 0.29) is 18.0 Å². The van der Waals surface area contributed by atoms with Gasteiger partial charge < -0.3 is 14.8 Å². The van der Waals surface area contributed by atoms with Crippen LogP contribution in [0.2, 0.25) is 5.02 Å². The van der Waals surface area contributed by atoms with Crippen molar-refractivity contribution in [2.45, 2.75) is 12.4 Å². The average molecular weight is 537 g/mol. The molecule has 0 saturated heterocycles. The number of methoxy groups -OCH3 is 1. The summed E-state index contributed by atoms with van der Waals surface area (Å²) in [6.45, 7) is 0.0376. The Morgan fingerprint density at radius 1 is 1.06 bits per heavy atom. The van der Waals surface area contributed by atoms with Crippen molar-refractivity contribution in [1.82, 2.24) is 20.2 Å². The first kappa shape index (κ1) is 25.1. The molecule has 3 N–H and O–H groups in total. The molecule has 4 rings (SSSR count). The average Bonchev–Trinajstić information content (AvgIpc) is 3.33. The largest absolute Gasteiger partial charge is 0.487 e. The smallest absolute Gasteiger partial charge is 0.355 e. The summed E-state index contributed by atoms with van der Waals surface area (Å²) in [4.78, 5) is 8.21. The van der Waals surface area contributed by atoms with E-state index in [4.69, 9.17) is 21.1 Å². The highest BCUT2D eigenvalue weighted by atomic mass is 35.5. The van der Waals surface area contributed by atoms with Crippen LogP contribution in [0.25, 0.3) is 11.3 Å². The first-order valence-electron chi connectivity index (χ1n) is 10.2. The predicted molar refractivity (Wildman–Crippen MR) is 130 cm³/mol. The van der Waals surface area contributed by atoms with Gasteiger partial charge in [0.2, 0.25) is 5.88 Å². The van der Waals surface area contributed by atoms with E-state index in [1.165, 1.54) is 37.7 Å². The second kappa shape index (κ2) is 10.7. The number of ether oxygens (including phenoxy) is 2. The molecule has 0 spiro atoms. The maximum atomic E-state index is 12.9. The van der Waals surface area contributed by atoms with E-state index >= 15 is 0 Å². The Hall–Kier alpha value is -3.97. The van der Waals surface area contributed by atoms with Crippen LogP contribution in [0.1, 0.15) is 5.56 Å². The Morgan fingerprint density at radius 3 is 2.50 bits per heavy atom. The van der Waals surface area contributed by atoms with Gasteiger partial charge in [0.25, 0.3) is 10.0 Å². The number of aromatic amines is 1. The number of halogens is 3. The Balaban J connectivity index is 1.58. The molecular formula is C22H19ClF2N6O4S. The predicted octanol–water partition coefficient (Wildman–Crippen LogP) is 4.82. The molecule has 0 fully saturated rings. The number of aromatic nitrogens is 4. The highest BCUT2D eigenvalue weighted by molar-refractivity contribution is 7.93. The van der Waals surface area contributed by atoms with Gasteiger partial charge in [-0.1, -0.05) is 29.8 Å². The summed E-state index contributed by atoms with van der Waals surface area (Å²) in [5.41, 5.74) is 1.70. The fourth-order valence-electron chi connectivity index (χ4n) is 2.98. The van der Waals surface area contributed by atoms with Crippen LogP contribution in [0, 0.1) is 0 Å². The van der Waals surface area contributed by atoms with Crippen LogP contribution in [0.15, 0.2) is 60.9 Å². The minimum atomic E-state index is -4.91. The molecule has 188 valence electrons. The monoisotopic (exact) mass is 536 g/mol. The molecule has 2 aromatic carbocycles. The number of hydrogen-bond donors (Lipinski definition) is 3. The standard InChI is InChI=1S/C22H19ClF2N6O4S/c1-34-21-11-26-20(10-27-21)28-19-9-17(29-30-19)14-4-7-16(31-36(32,33)22(24)25)18(8-14)35-12-13-2-5-15(23)6-3-13/h2-11,22,31H,12H2,1H3,(H2,26,28,29,30). The number of nitrogens with zero attached hydrogens (tertiary/aromatic N) is 3. The molecule has 36 heavy (non-hydrogen) atoms. The van der Waals surface area contributed by atoms with Crippen molar-refractivity contribution < 1.29 is 26.7 Å². The van der Waals surface area contributed by atoms with Gasteiger partial charge in [-0.05, 0) is 29.8 Å². The van der Waals surface area contributed by atoms with E-state index in [1.54, 1.807) is 30.3 Å². The molecule has 14 heteroatoms. The van der Waals surface area contributed by atoms with E-state index in [1.807, 2.05) is 4.72 Å². The van der Waals surface area contributed by atoms with Gasteiger partial charge in [-0.25, -0.2) is 18.4 Å². The van der Waals surface area contributed by atoms with Crippen LogP contribution >= 0.6 is 11.6 Å². The van der Waals surface area contributed by atoms with Crippen LogP contribution in [0.5, 0.6) is 11.6 Å². The molecule has 0 amide bonds. The lowest BCUT2D eigenvalue weighted by Gasteiger charge is -2.15. The lowest BCUT2D eigenvalue weighted by Crippen LogP contribution is -2.21. The van der Waals surface area contributed by atoms with Crippen LogP contribution in [0.3, 0.4) is 0 Å². The fourth-order valence-corrected chi connectivity index (χ4v) is 3.67. The summed E-state index contributed by atoms with van der Waals surface area (Å²) in [5.74, 6) is -2.36. The molecule has 0 bridgehead atoms. The number of benzene rings is 2. The third-order valence-electron chi connectivity index (χ3n) is 4.76. The van der Waals surface area contributed by atoms with Gasteiger partial charge >= 0.3 is 5.76 Å². The number of hydrogen-bond acceptors (Lipinski definition) is 8. The number of nitrogens with one attached hydrogen (secondary N) is 3. The van der Waals surface area contributed by atoms with Gasteiger partial charge in [0.05, 0.1) is 30.9 Å². The Kier molecular flexibility index (Phi) is 7.50. The van der Waals surface area contributed by atoms with Crippen LogP contribution in [0.4, 0.5) is 26.1 Å². The van der Waals surface area contributed by atoms with Crippen molar-refractivity contribution in [3.8, 4) is 22.9 Å². The lowest BCUT2D eigenvalue weighted by molar-refractivity contribution is 0.236. The van der Waals surface area contributed by atoms with Gasteiger partial charge in [-0.15, -0.1) is 0 Å². The third kappa shape index (κ3) is 6.17.